The molecule has 118 valence electrons. The van der Waals surface area contributed by atoms with Crippen LogP contribution in [0.2, 0.25) is 0 Å². The normalized spacial score (nSPS) is 12.7. The summed E-state index contributed by atoms with van der Waals surface area (Å²) in [5.41, 5.74) is 1.03. The predicted molar refractivity (Wildman–Crippen MR) is 78.0 cm³/mol. The van der Waals surface area contributed by atoms with Gasteiger partial charge in [-0.2, -0.15) is 0 Å². The van der Waals surface area contributed by atoms with Crippen molar-refractivity contribution < 1.29 is 24.1 Å². The lowest BCUT2D eigenvalue weighted by atomic mass is 10.1. The molecule has 21 heavy (non-hydrogen) atoms. The molecule has 6 nitrogen and oxygen atoms in total. The number of unbranched alkanes of at least 4 members (excludes halogenated alkanes) is 1. The van der Waals surface area contributed by atoms with E-state index >= 15 is 0 Å². The highest BCUT2D eigenvalue weighted by atomic mass is 16.7. The zero-order valence-electron chi connectivity index (χ0n) is 12.4. The van der Waals surface area contributed by atoms with E-state index in [-0.39, 0.29) is 13.4 Å². The third-order valence-electron chi connectivity index (χ3n) is 3.16. The highest BCUT2D eigenvalue weighted by Crippen LogP contribution is 2.38. The summed E-state index contributed by atoms with van der Waals surface area (Å²) in [6.07, 6.45) is 1.56. The van der Waals surface area contributed by atoms with Gasteiger partial charge in [-0.05, 0) is 18.9 Å². The number of benzene rings is 1. The first kappa shape index (κ1) is 15.9. The lowest BCUT2D eigenvalue weighted by molar-refractivity contribution is 0.173. The Balaban J connectivity index is 1.97. The highest BCUT2D eigenvalue weighted by Gasteiger charge is 2.17. The van der Waals surface area contributed by atoms with Gasteiger partial charge in [0.05, 0.1) is 13.2 Å². The van der Waals surface area contributed by atoms with Gasteiger partial charge in [0.25, 0.3) is 0 Å². The Morgan fingerprint density at radius 3 is 2.76 bits per heavy atom. The highest BCUT2D eigenvalue weighted by molar-refractivity contribution is 5.51. The molecule has 0 spiro atoms. The van der Waals surface area contributed by atoms with Crippen molar-refractivity contribution >= 4 is 0 Å². The van der Waals surface area contributed by atoms with Crippen LogP contribution in [0, 0.1) is 0 Å². The summed E-state index contributed by atoms with van der Waals surface area (Å²) >= 11 is 0. The SMILES string of the molecule is COCCNCc1cc2c(cc1OCCCCO)OCO2. The zero-order valence-corrected chi connectivity index (χ0v) is 12.4. The number of hydrogen-bond acceptors (Lipinski definition) is 6. The molecule has 0 saturated heterocycles. The average molecular weight is 297 g/mol. The van der Waals surface area contributed by atoms with Gasteiger partial charge in [-0.1, -0.05) is 0 Å². The molecule has 0 amide bonds. The minimum Gasteiger partial charge on any atom is -0.493 e. The molecule has 0 fully saturated rings. The van der Waals surface area contributed by atoms with Crippen molar-refractivity contribution in [3.05, 3.63) is 17.7 Å². The van der Waals surface area contributed by atoms with Crippen molar-refractivity contribution in [3.8, 4) is 17.2 Å². The van der Waals surface area contributed by atoms with Crippen LogP contribution in [-0.4, -0.2) is 45.4 Å². The smallest absolute Gasteiger partial charge is 0.231 e. The van der Waals surface area contributed by atoms with Crippen molar-refractivity contribution in [1.82, 2.24) is 5.32 Å². The van der Waals surface area contributed by atoms with Crippen LogP contribution in [0.25, 0.3) is 0 Å². The Morgan fingerprint density at radius 2 is 2.00 bits per heavy atom. The fourth-order valence-corrected chi connectivity index (χ4v) is 2.03. The fourth-order valence-electron chi connectivity index (χ4n) is 2.03. The third-order valence-corrected chi connectivity index (χ3v) is 3.16. The van der Waals surface area contributed by atoms with Gasteiger partial charge >= 0.3 is 0 Å². The molecule has 2 N–H and O–H groups in total. The van der Waals surface area contributed by atoms with E-state index in [1.165, 1.54) is 0 Å². The molecule has 0 unspecified atom stereocenters. The van der Waals surface area contributed by atoms with Crippen molar-refractivity contribution in [3.63, 3.8) is 0 Å². The van der Waals surface area contributed by atoms with Crippen LogP contribution >= 0.6 is 0 Å². The molecule has 1 aliphatic rings. The molecule has 0 bridgehead atoms. The quantitative estimate of drug-likeness (QED) is 0.635. The molecule has 1 heterocycles. The molecule has 0 aliphatic carbocycles. The van der Waals surface area contributed by atoms with Gasteiger partial charge in [-0.15, -0.1) is 0 Å². The van der Waals surface area contributed by atoms with Crippen LogP contribution < -0.4 is 19.5 Å². The van der Waals surface area contributed by atoms with E-state index < -0.39 is 0 Å². The number of fused-ring (bicyclic) bond motifs is 1. The Kier molecular flexibility index (Phi) is 6.59. The topological polar surface area (TPSA) is 69.2 Å². The van der Waals surface area contributed by atoms with E-state index in [1.54, 1.807) is 7.11 Å². The average Bonchev–Trinajstić information content (AvgIpc) is 2.95. The number of nitrogens with one attached hydrogen (secondary N) is 1. The second-order valence-corrected chi connectivity index (χ2v) is 4.76. The van der Waals surface area contributed by atoms with E-state index in [1.807, 2.05) is 12.1 Å². The lowest BCUT2D eigenvalue weighted by Gasteiger charge is -2.13. The molecule has 0 aromatic heterocycles. The van der Waals surface area contributed by atoms with Crippen LogP contribution in [0.1, 0.15) is 18.4 Å². The molecular weight excluding hydrogens is 274 g/mol. The fraction of sp³-hybridized carbons (Fsp3) is 0.600. The largest absolute Gasteiger partial charge is 0.493 e. The standard InChI is InChI=1S/C15H23NO5/c1-18-7-4-16-10-12-8-14-15(21-11-20-14)9-13(12)19-6-3-2-5-17/h8-9,16-17H,2-7,10-11H2,1H3. The second kappa shape index (κ2) is 8.71. The Bertz CT molecular complexity index is 399. The van der Waals surface area contributed by atoms with E-state index in [9.17, 15) is 0 Å². The number of rotatable bonds is 10. The molecule has 1 aliphatic heterocycles. The number of aliphatic hydroxyl groups excluding tert-OH is 1. The monoisotopic (exact) mass is 297 g/mol. The van der Waals surface area contributed by atoms with Gasteiger partial charge in [0.15, 0.2) is 11.5 Å². The molecule has 1 aromatic rings. The van der Waals surface area contributed by atoms with Crippen molar-refractivity contribution in [1.29, 1.82) is 0 Å². The molecule has 2 rings (SSSR count). The summed E-state index contributed by atoms with van der Waals surface area (Å²) in [5, 5.41) is 12.1. The summed E-state index contributed by atoms with van der Waals surface area (Å²) in [6, 6.07) is 3.82. The predicted octanol–water partition coefficient (Wildman–Crippen LogP) is 1.30. The number of methoxy groups -OCH3 is 1. The summed E-state index contributed by atoms with van der Waals surface area (Å²) in [5.74, 6) is 2.26. The van der Waals surface area contributed by atoms with Crippen molar-refractivity contribution in [2.45, 2.75) is 19.4 Å². The minimum absolute atomic E-state index is 0.190. The molecule has 0 radical (unpaired) electrons. The van der Waals surface area contributed by atoms with E-state index in [0.717, 1.165) is 36.4 Å². The van der Waals surface area contributed by atoms with Gasteiger partial charge in [0.2, 0.25) is 6.79 Å². The zero-order chi connectivity index (χ0) is 14.9. The van der Waals surface area contributed by atoms with Crippen molar-refractivity contribution in [2.75, 3.05) is 40.3 Å². The van der Waals surface area contributed by atoms with E-state index in [0.29, 0.717) is 25.5 Å². The maximum Gasteiger partial charge on any atom is 0.231 e. The number of hydrogen-bond donors (Lipinski definition) is 2. The van der Waals surface area contributed by atoms with Crippen LogP contribution in [-0.2, 0) is 11.3 Å². The summed E-state index contributed by atoms with van der Waals surface area (Å²) in [6.45, 7) is 3.13. The van der Waals surface area contributed by atoms with Gasteiger partial charge in [-0.25, -0.2) is 0 Å². The van der Waals surface area contributed by atoms with Crippen LogP contribution in [0.3, 0.4) is 0 Å². The van der Waals surface area contributed by atoms with E-state index in [2.05, 4.69) is 5.32 Å². The van der Waals surface area contributed by atoms with Gasteiger partial charge in [0, 0.05) is 38.4 Å². The van der Waals surface area contributed by atoms with Crippen LogP contribution in [0.4, 0.5) is 0 Å². The Morgan fingerprint density at radius 1 is 1.19 bits per heavy atom. The van der Waals surface area contributed by atoms with Gasteiger partial charge in [0.1, 0.15) is 5.75 Å². The summed E-state index contributed by atoms with van der Waals surface area (Å²) in [7, 11) is 1.68. The van der Waals surface area contributed by atoms with Gasteiger partial charge < -0.3 is 29.4 Å². The molecule has 0 atom stereocenters. The number of ether oxygens (including phenoxy) is 4. The number of aliphatic hydroxyl groups is 1. The van der Waals surface area contributed by atoms with Crippen LogP contribution in [0.15, 0.2) is 12.1 Å². The Hall–Kier alpha value is -1.50. The van der Waals surface area contributed by atoms with Crippen molar-refractivity contribution in [2.24, 2.45) is 0 Å². The second-order valence-electron chi connectivity index (χ2n) is 4.76. The summed E-state index contributed by atoms with van der Waals surface area (Å²) < 4.78 is 21.6. The molecular formula is C15H23NO5. The van der Waals surface area contributed by atoms with Gasteiger partial charge in [-0.3, -0.25) is 0 Å². The summed E-state index contributed by atoms with van der Waals surface area (Å²) in [4.78, 5) is 0. The first-order chi connectivity index (χ1) is 10.3. The minimum atomic E-state index is 0.190. The third kappa shape index (κ3) is 4.77. The Labute approximate surface area is 125 Å². The maximum atomic E-state index is 8.80. The first-order valence-corrected chi connectivity index (χ1v) is 7.21. The molecule has 6 heteroatoms. The van der Waals surface area contributed by atoms with E-state index in [4.69, 9.17) is 24.1 Å². The maximum absolute atomic E-state index is 8.80. The lowest BCUT2D eigenvalue weighted by Crippen LogP contribution is -2.19. The molecule has 1 aromatic carbocycles. The first-order valence-electron chi connectivity index (χ1n) is 7.21. The molecule has 0 saturated carbocycles. The van der Waals surface area contributed by atoms with Crippen LogP contribution in [0.5, 0.6) is 17.2 Å².